The van der Waals surface area contributed by atoms with E-state index in [1.165, 1.54) is 0 Å². The monoisotopic (exact) mass is 242 g/mol. The molecule has 0 aliphatic carbocycles. The van der Waals surface area contributed by atoms with Gasteiger partial charge in [0.15, 0.2) is 0 Å². The Balaban J connectivity index is 2.95. The van der Waals surface area contributed by atoms with Gasteiger partial charge in [-0.15, -0.1) is 0 Å². The summed E-state index contributed by atoms with van der Waals surface area (Å²) in [7, 11) is 0. The minimum atomic E-state index is -0.467. The molecule has 0 spiro atoms. The average molecular weight is 242 g/mol. The highest BCUT2D eigenvalue weighted by Crippen LogP contribution is 2.41. The topological polar surface area (TPSA) is 55.6 Å². The summed E-state index contributed by atoms with van der Waals surface area (Å²) in [6.45, 7) is 12.3. The number of ether oxygens (including phenoxy) is 1. The van der Waals surface area contributed by atoms with Crippen LogP contribution in [0.2, 0.25) is 0 Å². The molecule has 100 valence electrons. The highest BCUT2D eigenvalue weighted by molar-refractivity contribution is 5.71. The van der Waals surface area contributed by atoms with E-state index in [9.17, 15) is 4.79 Å². The third-order valence-electron chi connectivity index (χ3n) is 3.44. The van der Waals surface area contributed by atoms with Crippen LogP contribution in [0, 0.1) is 0 Å². The SMILES string of the molecule is CC(C)(C)OC(=O)N1C(C)(C)CCC1(C)CN. The Labute approximate surface area is 104 Å². The van der Waals surface area contributed by atoms with Gasteiger partial charge in [0.1, 0.15) is 5.60 Å². The Hall–Kier alpha value is -0.770. The second-order valence-corrected chi connectivity index (χ2v) is 6.83. The molecule has 0 saturated carbocycles. The fourth-order valence-corrected chi connectivity index (χ4v) is 2.50. The van der Waals surface area contributed by atoms with Crippen molar-refractivity contribution >= 4 is 6.09 Å². The molecule has 17 heavy (non-hydrogen) atoms. The van der Waals surface area contributed by atoms with Crippen LogP contribution in [-0.4, -0.2) is 34.2 Å². The van der Waals surface area contributed by atoms with Gasteiger partial charge in [0.2, 0.25) is 0 Å². The summed E-state index contributed by atoms with van der Waals surface area (Å²) in [5.41, 5.74) is 4.89. The Morgan fingerprint density at radius 1 is 1.29 bits per heavy atom. The molecule has 0 aromatic heterocycles. The average Bonchev–Trinajstić information content (AvgIpc) is 2.35. The van der Waals surface area contributed by atoms with E-state index >= 15 is 0 Å². The van der Waals surface area contributed by atoms with Crippen LogP contribution in [0.15, 0.2) is 0 Å². The number of rotatable bonds is 1. The summed E-state index contributed by atoms with van der Waals surface area (Å²) in [5, 5.41) is 0. The number of nitrogens with zero attached hydrogens (tertiary/aromatic N) is 1. The Kier molecular flexibility index (Phi) is 3.50. The number of amides is 1. The van der Waals surface area contributed by atoms with Gasteiger partial charge in [0.25, 0.3) is 0 Å². The largest absolute Gasteiger partial charge is 0.444 e. The summed E-state index contributed by atoms with van der Waals surface area (Å²) in [6.07, 6.45) is 1.63. The Morgan fingerprint density at radius 3 is 2.24 bits per heavy atom. The number of carbonyl (C=O) groups is 1. The van der Waals surface area contributed by atoms with Gasteiger partial charge >= 0.3 is 6.09 Å². The van der Waals surface area contributed by atoms with Crippen LogP contribution in [-0.2, 0) is 4.74 Å². The van der Waals surface area contributed by atoms with Crippen molar-refractivity contribution in [2.45, 2.75) is 71.1 Å². The molecular formula is C13H26N2O2. The summed E-state index contributed by atoms with van der Waals surface area (Å²) in [6, 6.07) is 0. The van der Waals surface area contributed by atoms with Gasteiger partial charge in [-0.1, -0.05) is 0 Å². The molecule has 1 amide bonds. The molecule has 1 aliphatic heterocycles. The first-order valence-electron chi connectivity index (χ1n) is 6.25. The summed E-state index contributed by atoms with van der Waals surface area (Å²) >= 11 is 0. The van der Waals surface area contributed by atoms with E-state index < -0.39 is 5.60 Å². The maximum Gasteiger partial charge on any atom is 0.411 e. The van der Waals surface area contributed by atoms with Gasteiger partial charge in [0.05, 0.1) is 5.54 Å². The van der Waals surface area contributed by atoms with Crippen LogP contribution in [0.1, 0.15) is 54.4 Å². The van der Waals surface area contributed by atoms with Crippen LogP contribution in [0.25, 0.3) is 0 Å². The van der Waals surface area contributed by atoms with E-state index in [4.69, 9.17) is 10.5 Å². The van der Waals surface area contributed by atoms with Gasteiger partial charge in [-0.25, -0.2) is 4.79 Å². The van der Waals surface area contributed by atoms with Gasteiger partial charge in [-0.2, -0.15) is 0 Å². The molecule has 1 saturated heterocycles. The number of nitrogens with two attached hydrogens (primary N) is 1. The smallest absolute Gasteiger partial charge is 0.411 e. The predicted molar refractivity (Wildman–Crippen MR) is 68.8 cm³/mol. The summed E-state index contributed by atoms with van der Waals surface area (Å²) in [4.78, 5) is 14.1. The van der Waals surface area contributed by atoms with Crippen molar-refractivity contribution in [3.8, 4) is 0 Å². The first-order chi connectivity index (χ1) is 7.52. The Morgan fingerprint density at radius 2 is 1.82 bits per heavy atom. The lowest BCUT2D eigenvalue weighted by Crippen LogP contribution is -2.57. The van der Waals surface area contributed by atoms with E-state index in [0.717, 1.165) is 12.8 Å². The van der Waals surface area contributed by atoms with Gasteiger partial charge in [0, 0.05) is 12.1 Å². The molecule has 1 heterocycles. The first-order valence-corrected chi connectivity index (χ1v) is 6.25. The molecular weight excluding hydrogens is 216 g/mol. The Bertz CT molecular complexity index is 307. The second kappa shape index (κ2) is 4.16. The number of likely N-dealkylation sites (tertiary alicyclic amines) is 1. The van der Waals surface area contributed by atoms with E-state index in [1.807, 2.05) is 32.6 Å². The molecule has 1 rings (SSSR count). The van der Waals surface area contributed by atoms with Crippen molar-refractivity contribution in [2.75, 3.05) is 6.54 Å². The standard InChI is InChI=1S/C13H26N2O2/c1-11(2,3)17-10(16)15-12(4,5)7-8-13(15,6)9-14/h7-9,14H2,1-6H3. The first kappa shape index (κ1) is 14.3. The van der Waals surface area contributed by atoms with Gasteiger partial charge in [-0.05, 0) is 54.4 Å². The van der Waals surface area contributed by atoms with Crippen LogP contribution in [0.4, 0.5) is 4.79 Å². The third-order valence-corrected chi connectivity index (χ3v) is 3.44. The molecule has 1 fully saturated rings. The lowest BCUT2D eigenvalue weighted by molar-refractivity contribution is -0.0104. The van der Waals surface area contributed by atoms with Crippen LogP contribution >= 0.6 is 0 Å². The van der Waals surface area contributed by atoms with Crippen LogP contribution < -0.4 is 5.73 Å². The molecule has 1 aliphatic rings. The maximum atomic E-state index is 12.3. The van der Waals surface area contributed by atoms with Crippen molar-refractivity contribution in [2.24, 2.45) is 5.73 Å². The number of hydrogen-bond acceptors (Lipinski definition) is 3. The quantitative estimate of drug-likeness (QED) is 0.768. The summed E-state index contributed by atoms with van der Waals surface area (Å²) in [5.74, 6) is 0. The number of hydrogen-bond donors (Lipinski definition) is 1. The van der Waals surface area contributed by atoms with Crippen molar-refractivity contribution in [1.29, 1.82) is 0 Å². The zero-order chi connectivity index (χ0) is 13.5. The molecule has 1 unspecified atom stereocenters. The maximum absolute atomic E-state index is 12.3. The lowest BCUT2D eigenvalue weighted by atomic mass is 9.99. The van der Waals surface area contributed by atoms with E-state index in [1.54, 1.807) is 0 Å². The zero-order valence-electron chi connectivity index (χ0n) is 12.0. The van der Waals surface area contributed by atoms with Crippen molar-refractivity contribution in [3.05, 3.63) is 0 Å². The van der Waals surface area contributed by atoms with Crippen molar-refractivity contribution < 1.29 is 9.53 Å². The lowest BCUT2D eigenvalue weighted by Gasteiger charge is -2.42. The molecule has 4 nitrogen and oxygen atoms in total. The molecule has 0 aromatic rings. The van der Waals surface area contributed by atoms with Gasteiger partial charge in [-0.3, -0.25) is 4.90 Å². The molecule has 4 heteroatoms. The number of carbonyl (C=O) groups excluding carboxylic acids is 1. The highest BCUT2D eigenvalue weighted by atomic mass is 16.6. The molecule has 0 bridgehead atoms. The highest BCUT2D eigenvalue weighted by Gasteiger charge is 2.50. The van der Waals surface area contributed by atoms with E-state index in [2.05, 4.69) is 13.8 Å². The molecule has 0 aromatic carbocycles. The normalized spacial score (nSPS) is 28.3. The molecule has 0 radical (unpaired) electrons. The molecule has 2 N–H and O–H groups in total. The fraction of sp³-hybridized carbons (Fsp3) is 0.923. The fourth-order valence-electron chi connectivity index (χ4n) is 2.50. The molecule has 1 atom stereocenters. The minimum Gasteiger partial charge on any atom is -0.444 e. The minimum absolute atomic E-state index is 0.184. The zero-order valence-corrected chi connectivity index (χ0v) is 12.0. The van der Waals surface area contributed by atoms with Crippen LogP contribution in [0.3, 0.4) is 0 Å². The van der Waals surface area contributed by atoms with Crippen molar-refractivity contribution in [3.63, 3.8) is 0 Å². The second-order valence-electron chi connectivity index (χ2n) is 6.83. The van der Waals surface area contributed by atoms with Crippen molar-refractivity contribution in [1.82, 2.24) is 4.90 Å². The van der Waals surface area contributed by atoms with E-state index in [0.29, 0.717) is 6.54 Å². The predicted octanol–water partition coefficient (Wildman–Crippen LogP) is 2.51. The van der Waals surface area contributed by atoms with Crippen LogP contribution in [0.5, 0.6) is 0 Å². The summed E-state index contributed by atoms with van der Waals surface area (Å²) < 4.78 is 5.49. The van der Waals surface area contributed by atoms with E-state index in [-0.39, 0.29) is 17.2 Å². The van der Waals surface area contributed by atoms with Gasteiger partial charge < -0.3 is 10.5 Å². The third kappa shape index (κ3) is 2.92.